The van der Waals surface area contributed by atoms with Crippen molar-refractivity contribution in [2.75, 3.05) is 6.61 Å². The van der Waals surface area contributed by atoms with E-state index in [9.17, 15) is 18.3 Å². The van der Waals surface area contributed by atoms with E-state index >= 15 is 0 Å². The van der Waals surface area contributed by atoms with Gasteiger partial charge in [0.2, 0.25) is 5.76 Å². The van der Waals surface area contributed by atoms with Crippen LogP contribution in [0, 0.1) is 10.8 Å². The summed E-state index contributed by atoms with van der Waals surface area (Å²) in [6.07, 6.45) is -4.63. The topological polar surface area (TPSA) is 55.5 Å². The molecule has 0 spiro atoms. The molecular formula is C20H22F3NO3. The summed E-state index contributed by atoms with van der Waals surface area (Å²) in [6, 6.07) is 5.48. The van der Waals surface area contributed by atoms with Crippen LogP contribution < -0.4 is 0 Å². The Morgan fingerprint density at radius 2 is 1.78 bits per heavy atom. The summed E-state index contributed by atoms with van der Waals surface area (Å²) in [7, 11) is 0. The molecule has 0 atom stereocenters. The Balaban J connectivity index is 2.04. The lowest BCUT2D eigenvalue weighted by Crippen LogP contribution is -2.24. The second-order valence-corrected chi connectivity index (χ2v) is 8.43. The summed E-state index contributed by atoms with van der Waals surface area (Å²) in [5, 5.41) is 13.8. The maximum absolute atomic E-state index is 12.7. The molecule has 27 heavy (non-hydrogen) atoms. The number of hydrogen-bond donors (Lipinski definition) is 1. The molecule has 1 aromatic heterocycles. The third-order valence-corrected chi connectivity index (χ3v) is 4.56. The van der Waals surface area contributed by atoms with Crippen LogP contribution in [0.15, 0.2) is 34.4 Å². The third kappa shape index (κ3) is 3.55. The van der Waals surface area contributed by atoms with Crippen molar-refractivity contribution < 1.29 is 27.5 Å². The summed E-state index contributed by atoms with van der Waals surface area (Å²) in [5.41, 5.74) is 1.58. The molecule has 0 bridgehead atoms. The van der Waals surface area contributed by atoms with Crippen molar-refractivity contribution in [1.29, 1.82) is 0 Å². The van der Waals surface area contributed by atoms with Crippen molar-refractivity contribution in [3.8, 4) is 17.0 Å². The van der Waals surface area contributed by atoms with Crippen molar-refractivity contribution in [2.24, 2.45) is 10.8 Å². The minimum absolute atomic E-state index is 0.0796. The maximum Gasteiger partial charge on any atom is 0.452 e. The predicted octanol–water partition coefficient (Wildman–Crippen LogP) is 5.88. The van der Waals surface area contributed by atoms with Crippen LogP contribution in [0.4, 0.5) is 13.2 Å². The van der Waals surface area contributed by atoms with E-state index in [1.807, 2.05) is 0 Å². The molecule has 0 radical (unpaired) electrons. The summed E-state index contributed by atoms with van der Waals surface area (Å²) >= 11 is 0. The molecule has 2 aromatic rings. The van der Waals surface area contributed by atoms with Crippen molar-refractivity contribution in [3.05, 3.63) is 41.2 Å². The van der Waals surface area contributed by atoms with E-state index in [-0.39, 0.29) is 27.8 Å². The molecule has 0 saturated carbocycles. The van der Waals surface area contributed by atoms with E-state index in [1.54, 1.807) is 6.07 Å². The Morgan fingerprint density at radius 3 is 2.30 bits per heavy atom. The Morgan fingerprint density at radius 1 is 1.11 bits per heavy atom. The van der Waals surface area contributed by atoms with Gasteiger partial charge >= 0.3 is 6.18 Å². The minimum Gasteiger partial charge on any atom is -0.507 e. The zero-order chi connectivity index (χ0) is 20.2. The minimum atomic E-state index is -4.63. The average Bonchev–Trinajstić information content (AvgIpc) is 3.10. The Bertz CT molecular complexity index is 902. The smallest absolute Gasteiger partial charge is 0.452 e. The standard InChI is InChI=1S/C20H22F3NO3/c1-18(2,3)17-16(26-10-19(17,4)5)11-6-7-12(14(25)8-11)13-9-15(27-24-13)20(21,22)23/h6-9,25H,10H2,1-5H3. The van der Waals surface area contributed by atoms with Gasteiger partial charge in [0.25, 0.3) is 0 Å². The predicted molar refractivity (Wildman–Crippen MR) is 94.7 cm³/mol. The summed E-state index contributed by atoms with van der Waals surface area (Å²) in [4.78, 5) is 0. The lowest BCUT2D eigenvalue weighted by molar-refractivity contribution is -0.155. The Labute approximate surface area is 155 Å². The number of benzene rings is 1. The normalized spacial score (nSPS) is 17.3. The van der Waals surface area contributed by atoms with Gasteiger partial charge in [0, 0.05) is 22.6 Å². The number of ether oxygens (including phenoxy) is 1. The number of phenolic OH excluding ortho intramolecular Hbond substituents is 1. The largest absolute Gasteiger partial charge is 0.507 e. The first kappa shape index (κ1) is 19.3. The summed E-state index contributed by atoms with van der Waals surface area (Å²) in [5.74, 6) is -0.700. The molecule has 1 N–H and O–H groups in total. The van der Waals surface area contributed by atoms with Gasteiger partial charge in [0.05, 0.1) is 6.61 Å². The first-order valence-electron chi connectivity index (χ1n) is 8.56. The van der Waals surface area contributed by atoms with Crippen molar-refractivity contribution >= 4 is 5.76 Å². The lowest BCUT2D eigenvalue weighted by Gasteiger charge is -2.30. The maximum atomic E-state index is 12.7. The second-order valence-electron chi connectivity index (χ2n) is 8.43. The van der Waals surface area contributed by atoms with Crippen LogP contribution in [0.1, 0.15) is 45.9 Å². The molecule has 1 aliphatic heterocycles. The van der Waals surface area contributed by atoms with E-state index in [4.69, 9.17) is 4.74 Å². The quantitative estimate of drug-likeness (QED) is 0.706. The molecule has 0 fully saturated rings. The highest BCUT2D eigenvalue weighted by molar-refractivity contribution is 5.74. The van der Waals surface area contributed by atoms with Gasteiger partial charge in [-0.2, -0.15) is 13.2 Å². The molecule has 1 aliphatic rings. The summed E-state index contributed by atoms with van der Waals surface area (Å²) in [6.45, 7) is 11.0. The third-order valence-electron chi connectivity index (χ3n) is 4.56. The van der Waals surface area contributed by atoms with Crippen LogP contribution in [-0.4, -0.2) is 16.9 Å². The highest BCUT2D eigenvalue weighted by Crippen LogP contribution is 2.50. The van der Waals surface area contributed by atoms with Crippen LogP contribution in [0.2, 0.25) is 0 Å². The number of alkyl halides is 3. The van der Waals surface area contributed by atoms with Gasteiger partial charge in [-0.15, -0.1) is 0 Å². The molecule has 7 heteroatoms. The van der Waals surface area contributed by atoms with Gasteiger partial charge in [0.15, 0.2) is 0 Å². The Hall–Kier alpha value is -2.44. The first-order chi connectivity index (χ1) is 12.3. The number of hydrogen-bond acceptors (Lipinski definition) is 4. The van der Waals surface area contributed by atoms with E-state index in [0.717, 1.165) is 11.6 Å². The number of rotatable bonds is 2. The van der Waals surface area contributed by atoms with Crippen LogP contribution >= 0.6 is 0 Å². The van der Waals surface area contributed by atoms with Crippen molar-refractivity contribution in [1.82, 2.24) is 5.16 Å². The molecule has 0 amide bonds. The Kier molecular flexibility index (Phi) is 4.32. The fourth-order valence-corrected chi connectivity index (χ4v) is 3.71. The highest BCUT2D eigenvalue weighted by atomic mass is 19.4. The van der Waals surface area contributed by atoms with Gasteiger partial charge in [0.1, 0.15) is 17.2 Å². The van der Waals surface area contributed by atoms with Gasteiger partial charge in [-0.05, 0) is 23.1 Å². The van der Waals surface area contributed by atoms with Gasteiger partial charge in [-0.25, -0.2) is 0 Å². The molecule has 0 saturated heterocycles. The number of aromatic nitrogens is 1. The second kappa shape index (κ2) is 6.04. The fraction of sp³-hybridized carbons (Fsp3) is 0.450. The molecule has 2 heterocycles. The zero-order valence-corrected chi connectivity index (χ0v) is 15.9. The van der Waals surface area contributed by atoms with Crippen molar-refractivity contribution in [2.45, 2.75) is 40.8 Å². The van der Waals surface area contributed by atoms with Crippen LogP contribution in [0.3, 0.4) is 0 Å². The molecule has 0 unspecified atom stereocenters. The molecule has 146 valence electrons. The van der Waals surface area contributed by atoms with Crippen LogP contribution in [0.25, 0.3) is 17.0 Å². The number of nitrogens with zero attached hydrogens (tertiary/aromatic N) is 1. The first-order valence-corrected chi connectivity index (χ1v) is 8.56. The zero-order valence-electron chi connectivity index (χ0n) is 15.9. The van der Waals surface area contributed by atoms with Gasteiger partial charge in [-0.3, -0.25) is 0 Å². The molecule has 0 aliphatic carbocycles. The lowest BCUT2D eigenvalue weighted by atomic mass is 9.71. The number of phenols is 1. The highest BCUT2D eigenvalue weighted by Gasteiger charge is 2.41. The SMILES string of the molecule is CC(C)(C)C1=C(c2ccc(-c3cc(C(F)(F)F)on3)c(O)c2)OCC1(C)C. The van der Waals surface area contributed by atoms with Crippen LogP contribution in [0.5, 0.6) is 5.75 Å². The van der Waals surface area contributed by atoms with E-state index in [1.165, 1.54) is 12.1 Å². The van der Waals surface area contributed by atoms with Crippen molar-refractivity contribution in [3.63, 3.8) is 0 Å². The number of aromatic hydroxyl groups is 1. The monoisotopic (exact) mass is 381 g/mol. The molecular weight excluding hydrogens is 359 g/mol. The molecule has 3 rings (SSSR count). The average molecular weight is 381 g/mol. The van der Waals surface area contributed by atoms with Crippen LogP contribution in [-0.2, 0) is 10.9 Å². The van der Waals surface area contributed by atoms with E-state index in [2.05, 4.69) is 44.3 Å². The molecule has 1 aromatic carbocycles. The van der Waals surface area contributed by atoms with E-state index in [0.29, 0.717) is 17.9 Å². The van der Waals surface area contributed by atoms with E-state index < -0.39 is 11.9 Å². The van der Waals surface area contributed by atoms with Gasteiger partial charge in [-0.1, -0.05) is 45.8 Å². The number of halogens is 3. The summed E-state index contributed by atoms with van der Waals surface area (Å²) < 4.78 is 48.3. The fourth-order valence-electron chi connectivity index (χ4n) is 3.71. The molecule has 4 nitrogen and oxygen atoms in total. The van der Waals surface area contributed by atoms with Gasteiger partial charge < -0.3 is 14.4 Å².